The van der Waals surface area contributed by atoms with E-state index in [1.165, 1.54) is 6.21 Å². The van der Waals surface area contributed by atoms with Gasteiger partial charge in [0.1, 0.15) is 5.69 Å². The average Bonchev–Trinajstić information content (AvgIpc) is 2.48. The number of aryl methyl sites for hydroxylation is 1. The predicted octanol–water partition coefficient (Wildman–Crippen LogP) is 1.85. The standard InChI is InChI=1S/C13H11ClN4O3S/c14-9-3-1-8(2-4-9)7-15-18-12(21)10(5-6-11(19)20)16-17-13(18)22/h1-4,7H,5-6H2,(H,17,22)(H,19,20)/b15-7-. The summed E-state index contributed by atoms with van der Waals surface area (Å²) in [4.78, 5) is 22.7. The predicted molar refractivity (Wildman–Crippen MR) is 84.1 cm³/mol. The van der Waals surface area contributed by atoms with Gasteiger partial charge in [0.05, 0.1) is 12.6 Å². The third-order valence-electron chi connectivity index (χ3n) is 2.69. The van der Waals surface area contributed by atoms with Crippen molar-refractivity contribution in [2.75, 3.05) is 0 Å². The number of aliphatic carboxylic acids is 1. The highest BCUT2D eigenvalue weighted by molar-refractivity contribution is 7.71. The van der Waals surface area contributed by atoms with Gasteiger partial charge in [0.2, 0.25) is 4.77 Å². The maximum atomic E-state index is 12.2. The molecule has 0 spiro atoms. The number of halogens is 1. The fourth-order valence-electron chi connectivity index (χ4n) is 1.59. The zero-order valence-electron chi connectivity index (χ0n) is 11.2. The van der Waals surface area contributed by atoms with Crippen LogP contribution in [-0.2, 0) is 11.2 Å². The third-order valence-corrected chi connectivity index (χ3v) is 3.20. The number of rotatable bonds is 5. The molecular weight excluding hydrogens is 328 g/mol. The Bertz CT molecular complexity index is 826. The Morgan fingerprint density at radius 2 is 2.14 bits per heavy atom. The number of carboxylic acids is 1. The Morgan fingerprint density at radius 3 is 2.77 bits per heavy atom. The van der Waals surface area contributed by atoms with E-state index in [0.717, 1.165) is 10.2 Å². The molecule has 0 fully saturated rings. The van der Waals surface area contributed by atoms with Crippen LogP contribution in [0, 0.1) is 4.77 Å². The lowest BCUT2D eigenvalue weighted by Gasteiger charge is -2.01. The summed E-state index contributed by atoms with van der Waals surface area (Å²) in [6.07, 6.45) is 1.24. The number of nitrogens with one attached hydrogen (secondary N) is 1. The monoisotopic (exact) mass is 338 g/mol. The molecule has 1 heterocycles. The summed E-state index contributed by atoms with van der Waals surface area (Å²) < 4.78 is 0.989. The molecule has 0 aliphatic rings. The Kier molecular flexibility index (Phi) is 5.18. The number of benzene rings is 1. The quantitative estimate of drug-likeness (QED) is 0.640. The van der Waals surface area contributed by atoms with E-state index in [0.29, 0.717) is 5.02 Å². The van der Waals surface area contributed by atoms with Crippen LogP contribution in [0.25, 0.3) is 0 Å². The second-order valence-electron chi connectivity index (χ2n) is 4.28. The van der Waals surface area contributed by atoms with Crippen LogP contribution in [-0.4, -0.2) is 32.2 Å². The largest absolute Gasteiger partial charge is 0.481 e. The molecule has 0 saturated heterocycles. The summed E-state index contributed by atoms with van der Waals surface area (Å²) in [5.41, 5.74) is 0.245. The lowest BCUT2D eigenvalue weighted by atomic mass is 10.2. The highest BCUT2D eigenvalue weighted by Crippen LogP contribution is 2.07. The van der Waals surface area contributed by atoms with Crippen LogP contribution in [0.1, 0.15) is 17.7 Å². The summed E-state index contributed by atoms with van der Waals surface area (Å²) in [7, 11) is 0. The van der Waals surface area contributed by atoms with Gasteiger partial charge in [-0.25, -0.2) is 0 Å². The van der Waals surface area contributed by atoms with Crippen LogP contribution >= 0.6 is 23.8 Å². The molecule has 9 heteroatoms. The van der Waals surface area contributed by atoms with Crippen LogP contribution < -0.4 is 5.56 Å². The first-order valence-corrected chi connectivity index (χ1v) is 6.98. The molecule has 0 radical (unpaired) electrons. The van der Waals surface area contributed by atoms with Gasteiger partial charge in [-0.05, 0) is 29.9 Å². The Morgan fingerprint density at radius 1 is 1.45 bits per heavy atom. The molecule has 0 aliphatic heterocycles. The van der Waals surface area contributed by atoms with E-state index in [-0.39, 0.29) is 23.3 Å². The van der Waals surface area contributed by atoms with E-state index < -0.39 is 11.5 Å². The Hall–Kier alpha value is -2.32. The van der Waals surface area contributed by atoms with E-state index in [1.807, 2.05) is 0 Å². The molecular formula is C13H11ClN4O3S. The lowest BCUT2D eigenvalue weighted by Crippen LogP contribution is -2.25. The van der Waals surface area contributed by atoms with E-state index in [9.17, 15) is 9.59 Å². The minimum absolute atomic E-state index is 0.00323. The molecule has 114 valence electrons. The topological polar surface area (TPSA) is 100 Å². The SMILES string of the molecule is O=C(O)CCc1n[nH]c(=S)n(/N=C\c2ccc(Cl)cc2)c1=O. The molecule has 1 aromatic carbocycles. The zero-order chi connectivity index (χ0) is 16.1. The van der Waals surface area contributed by atoms with Crippen molar-refractivity contribution >= 4 is 36.0 Å². The normalized spacial score (nSPS) is 11.0. The smallest absolute Gasteiger partial charge is 0.303 e. The van der Waals surface area contributed by atoms with E-state index in [4.69, 9.17) is 28.9 Å². The lowest BCUT2D eigenvalue weighted by molar-refractivity contribution is -0.136. The highest BCUT2D eigenvalue weighted by atomic mass is 35.5. The van der Waals surface area contributed by atoms with Crippen LogP contribution in [0.15, 0.2) is 34.2 Å². The molecule has 2 N–H and O–H groups in total. The van der Waals surface area contributed by atoms with Gasteiger partial charge < -0.3 is 5.11 Å². The van der Waals surface area contributed by atoms with Crippen LogP contribution in [0.4, 0.5) is 0 Å². The summed E-state index contributed by atoms with van der Waals surface area (Å²) in [5, 5.41) is 19.5. The van der Waals surface area contributed by atoms with Crippen molar-refractivity contribution in [3.05, 3.63) is 55.7 Å². The van der Waals surface area contributed by atoms with Gasteiger partial charge in [-0.3, -0.25) is 14.7 Å². The fraction of sp³-hybridized carbons (Fsp3) is 0.154. The number of aromatic nitrogens is 3. The van der Waals surface area contributed by atoms with Crippen molar-refractivity contribution in [3.63, 3.8) is 0 Å². The second kappa shape index (κ2) is 7.10. The number of carboxylic acid groups (broad SMARTS) is 1. The van der Waals surface area contributed by atoms with Crippen molar-refractivity contribution < 1.29 is 9.90 Å². The Balaban J connectivity index is 2.32. The number of hydrogen-bond donors (Lipinski definition) is 2. The summed E-state index contributed by atoms with van der Waals surface area (Å²) in [6.45, 7) is 0. The average molecular weight is 339 g/mol. The van der Waals surface area contributed by atoms with Crippen LogP contribution in [0.5, 0.6) is 0 Å². The first kappa shape index (κ1) is 16.1. The molecule has 0 saturated carbocycles. The summed E-state index contributed by atoms with van der Waals surface area (Å²) in [6, 6.07) is 6.85. The molecule has 0 amide bonds. The molecule has 7 nitrogen and oxygen atoms in total. The first-order valence-electron chi connectivity index (χ1n) is 6.19. The van der Waals surface area contributed by atoms with Gasteiger partial charge in [-0.1, -0.05) is 23.7 Å². The van der Waals surface area contributed by atoms with Crippen molar-refractivity contribution in [1.29, 1.82) is 0 Å². The summed E-state index contributed by atoms with van der Waals surface area (Å²) >= 11 is 10.7. The minimum atomic E-state index is -1.01. The molecule has 0 bridgehead atoms. The number of H-pyrrole nitrogens is 1. The van der Waals surface area contributed by atoms with Crippen molar-refractivity contribution in [1.82, 2.24) is 14.9 Å². The molecule has 0 atom stereocenters. The third kappa shape index (κ3) is 4.09. The van der Waals surface area contributed by atoms with Gasteiger partial charge >= 0.3 is 5.97 Å². The number of aromatic amines is 1. The van der Waals surface area contributed by atoms with Crippen LogP contribution in [0.3, 0.4) is 0 Å². The van der Waals surface area contributed by atoms with Gasteiger partial charge in [0, 0.05) is 11.4 Å². The van der Waals surface area contributed by atoms with Crippen molar-refractivity contribution in [2.45, 2.75) is 12.8 Å². The van der Waals surface area contributed by atoms with E-state index in [1.54, 1.807) is 24.3 Å². The van der Waals surface area contributed by atoms with Crippen molar-refractivity contribution in [2.24, 2.45) is 5.10 Å². The number of nitrogens with zero attached hydrogens (tertiary/aromatic N) is 3. The molecule has 0 aliphatic carbocycles. The second-order valence-corrected chi connectivity index (χ2v) is 5.11. The number of hydrogen-bond acceptors (Lipinski definition) is 5. The van der Waals surface area contributed by atoms with Gasteiger partial charge in [-0.2, -0.15) is 14.9 Å². The molecule has 22 heavy (non-hydrogen) atoms. The molecule has 2 aromatic rings. The highest BCUT2D eigenvalue weighted by Gasteiger charge is 2.08. The molecule has 1 aromatic heterocycles. The maximum Gasteiger partial charge on any atom is 0.303 e. The Labute approximate surface area is 134 Å². The van der Waals surface area contributed by atoms with Gasteiger partial charge in [0.15, 0.2) is 0 Å². The molecule has 2 rings (SSSR count). The fourth-order valence-corrected chi connectivity index (χ4v) is 1.89. The summed E-state index contributed by atoms with van der Waals surface area (Å²) in [5.74, 6) is -1.01. The number of carbonyl (C=O) groups is 1. The van der Waals surface area contributed by atoms with Crippen molar-refractivity contribution in [3.8, 4) is 0 Å². The minimum Gasteiger partial charge on any atom is -0.481 e. The van der Waals surface area contributed by atoms with Crippen LogP contribution in [0.2, 0.25) is 5.02 Å². The molecule has 0 unspecified atom stereocenters. The van der Waals surface area contributed by atoms with Gasteiger partial charge in [-0.15, -0.1) is 0 Å². The van der Waals surface area contributed by atoms with E-state index >= 15 is 0 Å². The maximum absolute atomic E-state index is 12.2. The van der Waals surface area contributed by atoms with Gasteiger partial charge in [0.25, 0.3) is 5.56 Å². The zero-order valence-corrected chi connectivity index (χ0v) is 12.8. The first-order chi connectivity index (χ1) is 10.5. The van der Waals surface area contributed by atoms with E-state index in [2.05, 4.69) is 15.3 Å².